The van der Waals surface area contributed by atoms with Crippen LogP contribution in [-0.4, -0.2) is 15.0 Å². The van der Waals surface area contributed by atoms with Crippen molar-refractivity contribution in [2.75, 3.05) is 0 Å². The van der Waals surface area contributed by atoms with Gasteiger partial charge in [-0.2, -0.15) is 0 Å². The zero-order valence-electron chi connectivity index (χ0n) is 34.1. The average molecular weight is 820 g/mol. The van der Waals surface area contributed by atoms with E-state index < -0.39 is 0 Å². The predicted molar refractivity (Wildman–Crippen MR) is 266 cm³/mol. The molecule has 3 aromatic heterocycles. The third kappa shape index (κ3) is 6.65. The quantitative estimate of drug-likeness (QED) is 0.161. The van der Waals surface area contributed by atoms with Gasteiger partial charge in [-0.1, -0.05) is 200 Å². The highest BCUT2D eigenvalue weighted by atomic mass is 32.1. The average Bonchev–Trinajstić information content (AvgIpc) is 3.77. The van der Waals surface area contributed by atoms with Crippen molar-refractivity contribution in [2.45, 2.75) is 0 Å². The smallest absolute Gasteiger partial charge is 0.160 e. The van der Waals surface area contributed by atoms with Gasteiger partial charge in [0.2, 0.25) is 0 Å². The van der Waals surface area contributed by atoms with Crippen LogP contribution in [0.25, 0.3) is 120 Å². The van der Waals surface area contributed by atoms with Crippen molar-refractivity contribution in [2.24, 2.45) is 0 Å². The number of hydrogen-bond acceptors (Lipinski definition) is 4. The third-order valence-corrected chi connectivity index (χ3v) is 13.3. The van der Waals surface area contributed by atoms with Gasteiger partial charge in [-0.15, -0.1) is 11.3 Å². The summed E-state index contributed by atoms with van der Waals surface area (Å²) < 4.78 is 2.48. The second kappa shape index (κ2) is 15.4. The number of rotatable bonds is 7. The van der Waals surface area contributed by atoms with Gasteiger partial charge in [-0.3, -0.25) is 0 Å². The fourth-order valence-electron chi connectivity index (χ4n) is 9.00. The molecule has 63 heavy (non-hydrogen) atoms. The second-order valence-electron chi connectivity index (χ2n) is 15.9. The molecule has 0 spiro atoms. The molecule has 0 aliphatic rings. The number of fused-ring (bicyclic) bond motifs is 6. The van der Waals surface area contributed by atoms with Crippen molar-refractivity contribution in [3.63, 3.8) is 0 Å². The van der Waals surface area contributed by atoms with Crippen LogP contribution in [0, 0.1) is 0 Å². The van der Waals surface area contributed by atoms with Crippen LogP contribution in [0.15, 0.2) is 224 Å². The summed E-state index contributed by atoms with van der Waals surface area (Å²) in [7, 11) is 0. The van der Waals surface area contributed by atoms with E-state index in [4.69, 9.17) is 15.0 Å². The Labute approximate surface area is 369 Å². The van der Waals surface area contributed by atoms with Gasteiger partial charge in [0.1, 0.15) is 0 Å². The van der Waals surface area contributed by atoms with Crippen molar-refractivity contribution in [3.05, 3.63) is 224 Å². The lowest BCUT2D eigenvalue weighted by Crippen LogP contribution is -1.96. The fourth-order valence-corrected chi connectivity index (χ4v) is 10.2. The van der Waals surface area contributed by atoms with E-state index >= 15 is 0 Å². The highest BCUT2D eigenvalue weighted by Crippen LogP contribution is 2.46. The number of para-hydroxylation sites is 1. The highest BCUT2D eigenvalue weighted by molar-refractivity contribution is 7.26. The molecule has 0 aliphatic heterocycles. The Morgan fingerprint density at radius 2 is 0.841 bits per heavy atom. The van der Waals surface area contributed by atoms with Crippen LogP contribution in [0.4, 0.5) is 0 Å². The van der Waals surface area contributed by atoms with Crippen LogP contribution in [0.3, 0.4) is 0 Å². The molecule has 0 saturated carbocycles. The zero-order chi connectivity index (χ0) is 41.7. The van der Waals surface area contributed by atoms with Crippen LogP contribution in [0.1, 0.15) is 0 Å². The van der Waals surface area contributed by atoms with Crippen molar-refractivity contribution in [3.8, 4) is 78.5 Å². The molecule has 9 aromatic carbocycles. The molecule has 0 bridgehead atoms. The zero-order valence-corrected chi connectivity index (χ0v) is 34.9. The first-order valence-electron chi connectivity index (χ1n) is 21.3. The van der Waals surface area contributed by atoms with Gasteiger partial charge in [0, 0.05) is 48.7 Å². The van der Waals surface area contributed by atoms with E-state index in [0.29, 0.717) is 5.82 Å². The maximum Gasteiger partial charge on any atom is 0.160 e. The first-order valence-corrected chi connectivity index (χ1v) is 22.1. The largest absolute Gasteiger partial charge is 0.246 e. The van der Waals surface area contributed by atoms with Crippen molar-refractivity contribution in [1.29, 1.82) is 0 Å². The maximum atomic E-state index is 5.63. The molecule has 0 N–H and O–H groups in total. The Hall–Kier alpha value is -8.05. The number of benzene rings is 9. The SMILES string of the molecule is c1ccc(-c2ccc(-c3cc(-c4cccc(-c5cccc(-c6cccc7c6nc(-c6cccc8ccccc68)c6sc8ccccc8c67)c5)c4)nc(-c4ccccc4)n3)cc2)cc1. The Kier molecular flexibility index (Phi) is 9.02. The Morgan fingerprint density at radius 3 is 1.63 bits per heavy atom. The number of aromatic nitrogens is 3. The number of pyridine rings is 1. The Bertz CT molecular complexity index is 3660. The summed E-state index contributed by atoms with van der Waals surface area (Å²) in [5.74, 6) is 0.696. The highest BCUT2D eigenvalue weighted by Gasteiger charge is 2.20. The lowest BCUT2D eigenvalue weighted by molar-refractivity contribution is 1.18. The molecule has 0 amide bonds. The van der Waals surface area contributed by atoms with Crippen molar-refractivity contribution >= 4 is 53.2 Å². The standard InChI is InChI=1S/C59H37N3S/c1-3-15-38(16-4-1)39-31-33-41(34-32-39)52-37-53(61-59(60-52)42-18-5-2-6-19-42)46-24-12-22-44(36-46)43-21-11-23-45(35-43)48-27-14-29-51-55-50-26-9-10-30-54(50)63-58(55)57(62-56(48)51)49-28-13-20-40-17-7-8-25-47(40)49/h1-37H. The van der Waals surface area contributed by atoms with E-state index in [2.05, 4.69) is 200 Å². The van der Waals surface area contributed by atoms with Crippen molar-refractivity contribution in [1.82, 2.24) is 15.0 Å². The van der Waals surface area contributed by atoms with Crippen LogP contribution < -0.4 is 0 Å². The summed E-state index contributed by atoms with van der Waals surface area (Å²) in [6.07, 6.45) is 0. The minimum atomic E-state index is 0.696. The maximum absolute atomic E-state index is 5.63. The summed E-state index contributed by atoms with van der Waals surface area (Å²) in [4.78, 5) is 15.9. The minimum Gasteiger partial charge on any atom is -0.246 e. The summed E-state index contributed by atoms with van der Waals surface area (Å²) >= 11 is 1.83. The molecule has 0 fully saturated rings. The molecular weight excluding hydrogens is 783 g/mol. The van der Waals surface area contributed by atoms with Crippen molar-refractivity contribution < 1.29 is 0 Å². The molecule has 0 atom stereocenters. The normalized spacial score (nSPS) is 11.5. The molecule has 0 aliphatic carbocycles. The summed E-state index contributed by atoms with van der Waals surface area (Å²) in [6.45, 7) is 0. The molecule has 3 nitrogen and oxygen atoms in total. The van der Waals surface area contributed by atoms with Gasteiger partial charge in [-0.25, -0.2) is 15.0 Å². The first-order chi connectivity index (χ1) is 31.2. The van der Waals surface area contributed by atoms with E-state index in [-0.39, 0.29) is 0 Å². The summed E-state index contributed by atoms with van der Waals surface area (Å²) in [6, 6.07) is 79.7. The van der Waals surface area contributed by atoms with Gasteiger partial charge in [0.15, 0.2) is 5.82 Å². The Morgan fingerprint density at radius 1 is 0.317 bits per heavy atom. The van der Waals surface area contributed by atoms with Gasteiger partial charge in [0.25, 0.3) is 0 Å². The predicted octanol–water partition coefficient (Wildman–Crippen LogP) is 16.2. The molecule has 0 saturated heterocycles. The third-order valence-electron chi connectivity index (χ3n) is 12.1. The molecule has 0 radical (unpaired) electrons. The number of nitrogens with zero attached hydrogens (tertiary/aromatic N) is 3. The van der Waals surface area contributed by atoms with Crippen LogP contribution in [0.2, 0.25) is 0 Å². The van der Waals surface area contributed by atoms with E-state index in [9.17, 15) is 0 Å². The van der Waals surface area contributed by atoms with Gasteiger partial charge >= 0.3 is 0 Å². The first kappa shape index (κ1) is 36.8. The van der Waals surface area contributed by atoms with E-state index in [1.807, 2.05) is 35.6 Å². The molecular formula is C59H37N3S. The molecule has 0 unspecified atom stereocenters. The van der Waals surface area contributed by atoms with Gasteiger partial charge < -0.3 is 0 Å². The van der Waals surface area contributed by atoms with Gasteiger partial charge in [0.05, 0.1) is 27.3 Å². The molecule has 294 valence electrons. The van der Waals surface area contributed by atoms with Crippen LogP contribution >= 0.6 is 11.3 Å². The van der Waals surface area contributed by atoms with Gasteiger partial charge in [-0.05, 0) is 62.9 Å². The number of hydrogen-bond donors (Lipinski definition) is 0. The lowest BCUT2D eigenvalue weighted by atomic mass is 9.94. The van der Waals surface area contributed by atoms with E-state index in [1.165, 1.54) is 47.5 Å². The fraction of sp³-hybridized carbons (Fsp3) is 0. The molecule has 3 heterocycles. The van der Waals surface area contributed by atoms with Crippen LogP contribution in [-0.2, 0) is 0 Å². The lowest BCUT2D eigenvalue weighted by Gasteiger charge is -2.14. The minimum absolute atomic E-state index is 0.696. The molecule has 12 rings (SSSR count). The number of thiophene rings is 1. The van der Waals surface area contributed by atoms with E-state index in [1.54, 1.807) is 0 Å². The van der Waals surface area contributed by atoms with E-state index in [0.717, 1.165) is 67.1 Å². The topological polar surface area (TPSA) is 38.7 Å². The summed E-state index contributed by atoms with van der Waals surface area (Å²) in [5, 5.41) is 6.11. The second-order valence-corrected chi connectivity index (χ2v) is 17.0. The summed E-state index contributed by atoms with van der Waals surface area (Å²) in [5.41, 5.74) is 14.8. The Balaban J connectivity index is 0.978. The molecule has 12 aromatic rings. The molecule has 4 heteroatoms. The van der Waals surface area contributed by atoms with Crippen LogP contribution in [0.5, 0.6) is 0 Å². The monoisotopic (exact) mass is 819 g/mol.